The van der Waals surface area contributed by atoms with E-state index in [0.29, 0.717) is 0 Å². The van der Waals surface area contributed by atoms with Gasteiger partial charge in [0.05, 0.1) is 22.4 Å². The van der Waals surface area contributed by atoms with Crippen LogP contribution in [0.2, 0.25) is 0 Å². The van der Waals surface area contributed by atoms with Gasteiger partial charge in [0, 0.05) is 38.5 Å². The quantitative estimate of drug-likeness (QED) is 0.163. The second-order valence-corrected chi connectivity index (χ2v) is 14.5. The van der Waals surface area contributed by atoms with Crippen LogP contribution in [-0.4, -0.2) is 4.57 Å². The summed E-state index contributed by atoms with van der Waals surface area (Å²) in [4.78, 5) is 2.32. The molecule has 9 aromatic carbocycles. The fourth-order valence-electron chi connectivity index (χ4n) is 8.53. The molecule has 268 valence electrons. The van der Waals surface area contributed by atoms with Crippen LogP contribution in [0.5, 0.6) is 0 Å². The van der Waals surface area contributed by atoms with Crippen molar-refractivity contribution in [3.63, 3.8) is 0 Å². The number of furan rings is 1. The standard InChI is InChI=1S/C54H36N2O/c1-2-14-37(15-3-1)41-16-12-17-43(36-41)55(52-26-13-22-48-47-21-7-11-27-53(47)57-54(48)52)42-34-32-39(33-35-42)38-28-30-40(31-29-38)44-18-4-8-23-49(44)56-50-24-9-5-19-45(50)46-20-6-10-25-51(46)56/h1-36H. The molecule has 2 heterocycles. The zero-order valence-corrected chi connectivity index (χ0v) is 31.1. The number of benzene rings is 9. The molecule has 0 aliphatic heterocycles. The van der Waals surface area contributed by atoms with Crippen LogP contribution in [0.1, 0.15) is 0 Å². The second kappa shape index (κ2) is 13.6. The molecule has 0 spiro atoms. The molecule has 0 saturated heterocycles. The highest BCUT2D eigenvalue weighted by atomic mass is 16.3. The van der Waals surface area contributed by atoms with Crippen molar-refractivity contribution in [3.8, 4) is 39.1 Å². The van der Waals surface area contributed by atoms with Crippen molar-refractivity contribution in [1.82, 2.24) is 4.57 Å². The van der Waals surface area contributed by atoms with Crippen molar-refractivity contribution in [2.45, 2.75) is 0 Å². The minimum atomic E-state index is 0.865. The molecule has 57 heavy (non-hydrogen) atoms. The van der Waals surface area contributed by atoms with Crippen molar-refractivity contribution in [2.75, 3.05) is 4.90 Å². The number of hydrogen-bond acceptors (Lipinski definition) is 2. The zero-order chi connectivity index (χ0) is 37.7. The van der Waals surface area contributed by atoms with Gasteiger partial charge >= 0.3 is 0 Å². The van der Waals surface area contributed by atoms with Crippen LogP contribution >= 0.6 is 0 Å². The van der Waals surface area contributed by atoms with Gasteiger partial charge in [-0.05, 0) is 82.4 Å². The summed E-state index contributed by atoms with van der Waals surface area (Å²) in [5.74, 6) is 0. The Balaban J connectivity index is 0.980. The molecule has 11 rings (SSSR count). The number of hydrogen-bond donors (Lipinski definition) is 0. The maximum Gasteiger partial charge on any atom is 0.159 e. The van der Waals surface area contributed by atoms with E-state index in [2.05, 4.69) is 216 Å². The van der Waals surface area contributed by atoms with E-state index in [9.17, 15) is 0 Å². The maximum atomic E-state index is 6.59. The van der Waals surface area contributed by atoms with Gasteiger partial charge in [-0.2, -0.15) is 0 Å². The Hall–Kier alpha value is -7.62. The van der Waals surface area contributed by atoms with E-state index in [1.807, 2.05) is 12.1 Å². The maximum absolute atomic E-state index is 6.59. The first kappa shape index (κ1) is 32.8. The average Bonchev–Trinajstić information content (AvgIpc) is 3.84. The molecule has 3 heteroatoms. The molecule has 0 radical (unpaired) electrons. The molecule has 0 aliphatic carbocycles. The van der Waals surface area contributed by atoms with Crippen molar-refractivity contribution in [1.29, 1.82) is 0 Å². The lowest BCUT2D eigenvalue weighted by Crippen LogP contribution is -2.10. The Kier molecular flexibility index (Phi) is 7.82. The van der Waals surface area contributed by atoms with Crippen LogP contribution in [0.3, 0.4) is 0 Å². The summed E-state index contributed by atoms with van der Waals surface area (Å²) in [7, 11) is 0. The van der Waals surface area contributed by atoms with Crippen LogP contribution in [-0.2, 0) is 0 Å². The fourth-order valence-corrected chi connectivity index (χ4v) is 8.53. The number of para-hydroxylation sites is 5. The van der Waals surface area contributed by atoms with Crippen molar-refractivity contribution >= 4 is 60.8 Å². The van der Waals surface area contributed by atoms with E-state index < -0.39 is 0 Å². The Morgan fingerprint density at radius 1 is 0.351 bits per heavy atom. The largest absolute Gasteiger partial charge is 0.454 e. The van der Waals surface area contributed by atoms with E-state index in [1.54, 1.807) is 0 Å². The van der Waals surface area contributed by atoms with Gasteiger partial charge in [-0.1, -0.05) is 164 Å². The molecule has 3 nitrogen and oxygen atoms in total. The summed E-state index contributed by atoms with van der Waals surface area (Å²) in [6.45, 7) is 0. The van der Waals surface area contributed by atoms with E-state index in [4.69, 9.17) is 4.42 Å². The summed E-state index contributed by atoms with van der Waals surface area (Å²) in [5, 5.41) is 4.74. The monoisotopic (exact) mass is 728 g/mol. The summed E-state index contributed by atoms with van der Waals surface area (Å²) in [5.41, 5.74) is 15.5. The molecule has 11 aromatic rings. The molecule has 0 N–H and O–H groups in total. The van der Waals surface area contributed by atoms with Gasteiger partial charge in [0.1, 0.15) is 5.58 Å². The van der Waals surface area contributed by atoms with Gasteiger partial charge in [-0.25, -0.2) is 0 Å². The van der Waals surface area contributed by atoms with Gasteiger partial charge in [0.15, 0.2) is 5.58 Å². The fraction of sp³-hybridized carbons (Fsp3) is 0. The van der Waals surface area contributed by atoms with Gasteiger partial charge in [0.2, 0.25) is 0 Å². The Bertz CT molecular complexity index is 3170. The molecule has 0 atom stereocenters. The smallest absolute Gasteiger partial charge is 0.159 e. The van der Waals surface area contributed by atoms with Crippen LogP contribution in [0.15, 0.2) is 223 Å². The van der Waals surface area contributed by atoms with E-state index in [0.717, 1.165) is 55.7 Å². The lowest BCUT2D eigenvalue weighted by atomic mass is 9.98. The third-order valence-corrected chi connectivity index (χ3v) is 11.2. The molecule has 0 aliphatic rings. The lowest BCUT2D eigenvalue weighted by molar-refractivity contribution is 0.669. The SMILES string of the molecule is c1ccc(-c2cccc(N(c3ccc(-c4ccc(-c5ccccc5-n5c6ccccc6c6ccccc65)cc4)cc3)c3cccc4c3oc3ccccc34)c2)cc1. The van der Waals surface area contributed by atoms with Crippen molar-refractivity contribution in [3.05, 3.63) is 218 Å². The molecule has 0 fully saturated rings. The Morgan fingerprint density at radius 2 is 0.895 bits per heavy atom. The van der Waals surface area contributed by atoms with Crippen molar-refractivity contribution in [2.24, 2.45) is 0 Å². The first-order valence-corrected chi connectivity index (χ1v) is 19.4. The average molecular weight is 729 g/mol. The number of aromatic nitrogens is 1. The van der Waals surface area contributed by atoms with Gasteiger partial charge < -0.3 is 13.9 Å². The van der Waals surface area contributed by atoms with E-state index >= 15 is 0 Å². The summed E-state index contributed by atoms with van der Waals surface area (Å²) >= 11 is 0. The van der Waals surface area contributed by atoms with Gasteiger partial charge in [-0.15, -0.1) is 0 Å². The molecular weight excluding hydrogens is 693 g/mol. The number of nitrogens with zero attached hydrogens (tertiary/aromatic N) is 2. The Labute approximate surface area is 330 Å². The molecule has 0 unspecified atom stereocenters. The first-order valence-electron chi connectivity index (χ1n) is 19.4. The highest BCUT2D eigenvalue weighted by molar-refractivity contribution is 6.11. The minimum absolute atomic E-state index is 0.865. The minimum Gasteiger partial charge on any atom is -0.454 e. The number of anilines is 3. The molecule has 0 bridgehead atoms. The third kappa shape index (κ3) is 5.60. The normalized spacial score (nSPS) is 11.5. The molecular formula is C54H36N2O. The van der Waals surface area contributed by atoms with Crippen LogP contribution in [0.25, 0.3) is 82.8 Å². The highest BCUT2D eigenvalue weighted by Crippen LogP contribution is 2.43. The van der Waals surface area contributed by atoms with Crippen molar-refractivity contribution < 1.29 is 4.42 Å². The molecule has 2 aromatic heterocycles. The first-order chi connectivity index (χ1) is 28.3. The van der Waals surface area contributed by atoms with Crippen LogP contribution in [0, 0.1) is 0 Å². The Morgan fingerprint density at radius 3 is 1.65 bits per heavy atom. The summed E-state index contributed by atoms with van der Waals surface area (Å²) in [6.07, 6.45) is 0. The van der Waals surface area contributed by atoms with Crippen LogP contribution < -0.4 is 4.90 Å². The number of rotatable bonds is 7. The third-order valence-electron chi connectivity index (χ3n) is 11.2. The summed E-state index contributed by atoms with van der Waals surface area (Å²) in [6, 6.07) is 78.0. The lowest BCUT2D eigenvalue weighted by Gasteiger charge is -2.26. The van der Waals surface area contributed by atoms with Gasteiger partial charge in [-0.3, -0.25) is 0 Å². The second-order valence-electron chi connectivity index (χ2n) is 14.5. The zero-order valence-electron chi connectivity index (χ0n) is 31.1. The molecule has 0 amide bonds. The predicted octanol–water partition coefficient (Wildman–Crippen LogP) is 15.2. The topological polar surface area (TPSA) is 21.3 Å². The van der Waals surface area contributed by atoms with Crippen LogP contribution in [0.4, 0.5) is 17.1 Å². The van der Waals surface area contributed by atoms with Gasteiger partial charge in [0.25, 0.3) is 0 Å². The highest BCUT2D eigenvalue weighted by Gasteiger charge is 2.20. The molecule has 0 saturated carbocycles. The number of fused-ring (bicyclic) bond motifs is 6. The predicted molar refractivity (Wildman–Crippen MR) is 239 cm³/mol. The van der Waals surface area contributed by atoms with E-state index in [1.165, 1.54) is 44.2 Å². The summed E-state index contributed by atoms with van der Waals surface area (Å²) < 4.78 is 9.00. The van der Waals surface area contributed by atoms with E-state index in [-0.39, 0.29) is 0 Å².